The van der Waals surface area contributed by atoms with Gasteiger partial charge in [-0.15, -0.1) is 0 Å². The molecule has 3 aliphatic carbocycles. The molecule has 34 heavy (non-hydrogen) atoms. The van der Waals surface area contributed by atoms with Gasteiger partial charge in [0.1, 0.15) is 12.2 Å². The monoisotopic (exact) mass is 478 g/mol. The molecule has 0 amide bonds. The lowest BCUT2D eigenvalue weighted by atomic mass is 9.44. The molecule has 4 fully saturated rings. The third kappa shape index (κ3) is 4.38. The molecule has 9 atom stereocenters. The summed E-state index contributed by atoms with van der Waals surface area (Å²) in [6, 6.07) is 0. The fourth-order valence-electron chi connectivity index (χ4n) is 8.26. The Kier molecular flexibility index (Phi) is 7.05. The summed E-state index contributed by atoms with van der Waals surface area (Å²) >= 11 is 0. The maximum atomic E-state index is 13.2. The van der Waals surface area contributed by atoms with Gasteiger partial charge in [-0.05, 0) is 78.9 Å². The van der Waals surface area contributed by atoms with Crippen molar-refractivity contribution in [2.75, 3.05) is 6.61 Å². The van der Waals surface area contributed by atoms with Crippen molar-refractivity contribution in [3.05, 3.63) is 12.2 Å². The van der Waals surface area contributed by atoms with Gasteiger partial charge in [-0.3, -0.25) is 4.79 Å². The molecule has 1 aliphatic heterocycles. The average Bonchev–Trinajstić information content (AvgIpc) is 2.84. The Labute approximate surface area is 205 Å². The first-order chi connectivity index (χ1) is 15.8. The molecule has 4 aliphatic rings. The highest BCUT2D eigenvalue weighted by Gasteiger charge is 2.61. The zero-order valence-electron chi connectivity index (χ0n) is 21.6. The van der Waals surface area contributed by atoms with Gasteiger partial charge in [0.05, 0.1) is 19.1 Å². The van der Waals surface area contributed by atoms with Gasteiger partial charge in [0.25, 0.3) is 0 Å². The summed E-state index contributed by atoms with van der Waals surface area (Å²) in [5.41, 5.74) is 1.68. The molecule has 0 radical (unpaired) electrons. The molecule has 0 spiro atoms. The quantitative estimate of drug-likeness (QED) is 0.407. The normalized spacial score (nSPS) is 49.5. The van der Waals surface area contributed by atoms with Crippen molar-refractivity contribution in [2.24, 2.45) is 27.6 Å². The van der Waals surface area contributed by atoms with Crippen LogP contribution in [0.4, 0.5) is 0 Å². The van der Waals surface area contributed by atoms with Crippen LogP contribution < -0.4 is 0 Å². The Hall–Kier alpha value is -0.950. The van der Waals surface area contributed by atoms with E-state index in [-0.39, 0.29) is 28.6 Å². The molecule has 1 saturated heterocycles. The van der Waals surface area contributed by atoms with Gasteiger partial charge in [0.2, 0.25) is 6.29 Å². The second kappa shape index (κ2) is 9.17. The fraction of sp³-hybridized carbons (Fsp3) is 0.893. The minimum atomic E-state index is -1.18. The number of fused-ring (bicyclic) bond motifs is 2. The number of ether oxygens (including phenoxy) is 2. The second-order valence-corrected chi connectivity index (χ2v) is 13.1. The maximum absolute atomic E-state index is 13.2. The van der Waals surface area contributed by atoms with Crippen molar-refractivity contribution in [2.45, 2.75) is 123 Å². The van der Waals surface area contributed by atoms with Crippen LogP contribution in [0.25, 0.3) is 0 Å². The summed E-state index contributed by atoms with van der Waals surface area (Å²) in [6.45, 7) is 13.5. The molecule has 4 rings (SSSR count). The Morgan fingerprint density at radius 1 is 1.15 bits per heavy atom. The van der Waals surface area contributed by atoms with Crippen molar-refractivity contribution in [1.82, 2.24) is 0 Å². The predicted octanol–water partition coefficient (Wildman–Crippen LogP) is 4.50. The molecule has 3 N–H and O–H groups in total. The van der Waals surface area contributed by atoms with Crippen LogP contribution in [0, 0.1) is 27.6 Å². The van der Waals surface area contributed by atoms with E-state index in [1.165, 1.54) is 31.3 Å². The molecule has 0 aromatic heterocycles. The minimum absolute atomic E-state index is 0.00964. The highest BCUT2D eigenvalue weighted by molar-refractivity contribution is 5.70. The van der Waals surface area contributed by atoms with Crippen molar-refractivity contribution in [3.63, 3.8) is 0 Å². The Bertz CT molecular complexity index is 798. The standard InChI is InChI=1S/C28H46O6/c1-18-7-8-19-15-26(3)9-6-10-27(4,28(26,5)12-11-25(19,2)14-18)16-22(31)34-23-13-20(30)24(32)21(17-29)33-23/h19-21,23-24,29-30,32H,1,6-17H2,2-5H3/t19-,20-,21-,23?,24-,25?,26-,27-,28?/m0/s1. The van der Waals surface area contributed by atoms with E-state index in [0.29, 0.717) is 17.8 Å². The number of hydrogen-bond acceptors (Lipinski definition) is 6. The molecule has 194 valence electrons. The van der Waals surface area contributed by atoms with Gasteiger partial charge >= 0.3 is 5.97 Å². The number of carbonyl (C=O) groups is 1. The minimum Gasteiger partial charge on any atom is -0.436 e. The van der Waals surface area contributed by atoms with Gasteiger partial charge in [-0.25, -0.2) is 0 Å². The third-order valence-electron chi connectivity index (χ3n) is 11.0. The van der Waals surface area contributed by atoms with Crippen molar-refractivity contribution in [3.8, 4) is 0 Å². The summed E-state index contributed by atoms with van der Waals surface area (Å²) in [6.07, 6.45) is 6.47. The molecule has 0 aromatic carbocycles. The van der Waals surface area contributed by atoms with Crippen LogP contribution in [0.5, 0.6) is 0 Å². The molecule has 3 unspecified atom stereocenters. The molecule has 6 nitrogen and oxygen atoms in total. The first-order valence-electron chi connectivity index (χ1n) is 13.3. The lowest BCUT2D eigenvalue weighted by molar-refractivity contribution is -0.253. The van der Waals surface area contributed by atoms with E-state index in [4.69, 9.17) is 9.47 Å². The van der Waals surface area contributed by atoms with E-state index >= 15 is 0 Å². The van der Waals surface area contributed by atoms with Crippen molar-refractivity contribution >= 4 is 5.97 Å². The number of hydrogen-bond donors (Lipinski definition) is 3. The third-order valence-corrected chi connectivity index (χ3v) is 11.0. The molecular formula is C28H46O6. The summed E-state index contributed by atoms with van der Waals surface area (Å²) in [4.78, 5) is 13.2. The van der Waals surface area contributed by atoms with Crippen LogP contribution in [0.15, 0.2) is 12.2 Å². The Morgan fingerprint density at radius 2 is 1.88 bits per heavy atom. The number of allylic oxidation sites excluding steroid dienone is 1. The van der Waals surface area contributed by atoms with Crippen LogP contribution in [0.1, 0.15) is 98.3 Å². The second-order valence-electron chi connectivity index (χ2n) is 13.1. The highest BCUT2D eigenvalue weighted by atomic mass is 16.7. The number of rotatable bonds is 4. The number of aliphatic hydroxyl groups is 3. The highest BCUT2D eigenvalue weighted by Crippen LogP contribution is 2.70. The summed E-state index contributed by atoms with van der Waals surface area (Å²) in [5.74, 6) is 0.387. The van der Waals surface area contributed by atoms with E-state index in [0.717, 1.165) is 32.1 Å². The van der Waals surface area contributed by atoms with E-state index in [1.54, 1.807) is 0 Å². The van der Waals surface area contributed by atoms with E-state index in [1.807, 2.05) is 0 Å². The first-order valence-corrected chi connectivity index (χ1v) is 13.3. The van der Waals surface area contributed by atoms with Gasteiger partial charge in [-0.1, -0.05) is 46.3 Å². The van der Waals surface area contributed by atoms with E-state index in [9.17, 15) is 20.1 Å². The van der Waals surface area contributed by atoms with Gasteiger partial charge < -0.3 is 24.8 Å². The lowest BCUT2D eigenvalue weighted by Gasteiger charge is -2.60. The SMILES string of the molecule is C=C1CC[C@H]2C[C@]3(C)CCC[C@@](C)(CC(=O)OC4C[C@H](O)[C@H](O)[C@H](CO)O4)C3(C)CCC2(C)C1. The van der Waals surface area contributed by atoms with Crippen LogP contribution >= 0.6 is 0 Å². The van der Waals surface area contributed by atoms with Gasteiger partial charge in [0.15, 0.2) is 0 Å². The van der Waals surface area contributed by atoms with Crippen LogP contribution in [0.2, 0.25) is 0 Å². The zero-order valence-corrected chi connectivity index (χ0v) is 21.6. The number of aliphatic hydroxyl groups excluding tert-OH is 3. The van der Waals surface area contributed by atoms with Gasteiger partial charge in [-0.2, -0.15) is 0 Å². The topological polar surface area (TPSA) is 96.2 Å². The summed E-state index contributed by atoms with van der Waals surface area (Å²) in [7, 11) is 0. The zero-order chi connectivity index (χ0) is 24.9. The Balaban J connectivity index is 1.51. The number of carbonyl (C=O) groups excluding carboxylic acids is 1. The average molecular weight is 479 g/mol. The number of esters is 1. The van der Waals surface area contributed by atoms with Crippen molar-refractivity contribution < 1.29 is 29.6 Å². The molecule has 1 heterocycles. The van der Waals surface area contributed by atoms with Crippen LogP contribution in [-0.4, -0.2) is 52.5 Å². The van der Waals surface area contributed by atoms with Crippen LogP contribution in [0.3, 0.4) is 0 Å². The Morgan fingerprint density at radius 3 is 2.59 bits per heavy atom. The molecule has 6 heteroatoms. The summed E-state index contributed by atoms with van der Waals surface area (Å²) < 4.78 is 11.2. The molecule has 0 bridgehead atoms. The molecule has 3 saturated carbocycles. The largest absolute Gasteiger partial charge is 0.436 e. The lowest BCUT2D eigenvalue weighted by Crippen LogP contribution is -2.54. The van der Waals surface area contributed by atoms with Crippen LogP contribution in [-0.2, 0) is 14.3 Å². The fourth-order valence-corrected chi connectivity index (χ4v) is 8.26. The summed E-state index contributed by atoms with van der Waals surface area (Å²) in [5, 5.41) is 29.5. The predicted molar refractivity (Wildman–Crippen MR) is 130 cm³/mol. The van der Waals surface area contributed by atoms with E-state index in [2.05, 4.69) is 34.3 Å². The smallest absolute Gasteiger partial charge is 0.308 e. The van der Waals surface area contributed by atoms with E-state index < -0.39 is 31.2 Å². The molecular weight excluding hydrogens is 432 g/mol. The van der Waals surface area contributed by atoms with Crippen molar-refractivity contribution in [1.29, 1.82) is 0 Å². The maximum Gasteiger partial charge on any atom is 0.308 e. The van der Waals surface area contributed by atoms with Gasteiger partial charge in [0, 0.05) is 6.42 Å². The molecule has 0 aromatic rings. The first kappa shape index (κ1) is 26.1.